The number of carbonyl (C=O) groups is 2. The van der Waals surface area contributed by atoms with Gasteiger partial charge in [0.05, 0.1) is 0 Å². The number of rotatable bonds is 5. The second kappa shape index (κ2) is 7.77. The van der Waals surface area contributed by atoms with Gasteiger partial charge in [-0.15, -0.1) is 0 Å². The van der Waals surface area contributed by atoms with Crippen LogP contribution in [0.15, 0.2) is 48.5 Å². The largest absolute Gasteiger partial charge is 0.340 e. The van der Waals surface area contributed by atoms with Crippen LogP contribution < -0.4 is 10.6 Å². The van der Waals surface area contributed by atoms with Gasteiger partial charge in [0.1, 0.15) is 6.04 Å². The normalized spacial score (nSPS) is 11.9. The summed E-state index contributed by atoms with van der Waals surface area (Å²) in [6, 6.07) is 14.1. The highest BCUT2D eigenvalue weighted by molar-refractivity contribution is 6.01. The van der Waals surface area contributed by atoms with Crippen LogP contribution in [0.1, 0.15) is 35.3 Å². The molecule has 0 aliphatic carbocycles. The van der Waals surface area contributed by atoms with Crippen LogP contribution >= 0.6 is 0 Å². The number of aryl methyl sites for hydroxylation is 1. The summed E-state index contributed by atoms with van der Waals surface area (Å²) in [4.78, 5) is 25.0. The Morgan fingerprint density at radius 2 is 1.58 bits per heavy atom. The number of hydrogen-bond donors (Lipinski definition) is 2. The van der Waals surface area contributed by atoms with Crippen LogP contribution in [-0.2, 0) is 4.79 Å². The first kappa shape index (κ1) is 17.7. The molecule has 2 rings (SSSR count). The van der Waals surface area contributed by atoms with Gasteiger partial charge in [-0.2, -0.15) is 0 Å². The van der Waals surface area contributed by atoms with Gasteiger partial charge < -0.3 is 10.6 Å². The fourth-order valence-electron chi connectivity index (χ4n) is 2.45. The first-order valence-corrected chi connectivity index (χ1v) is 8.13. The Labute approximate surface area is 143 Å². The maximum atomic E-state index is 12.7. The molecule has 1 atom stereocenters. The molecule has 0 aliphatic rings. The molecule has 4 nitrogen and oxygen atoms in total. The third-order valence-electron chi connectivity index (χ3n) is 4.13. The third-order valence-corrected chi connectivity index (χ3v) is 4.13. The Bertz CT molecular complexity index is 724. The quantitative estimate of drug-likeness (QED) is 0.881. The fourth-order valence-corrected chi connectivity index (χ4v) is 2.45. The van der Waals surface area contributed by atoms with Gasteiger partial charge in [-0.3, -0.25) is 9.59 Å². The van der Waals surface area contributed by atoms with Crippen LogP contribution in [0.3, 0.4) is 0 Å². The predicted octanol–water partition coefficient (Wildman–Crippen LogP) is 3.70. The zero-order valence-electron chi connectivity index (χ0n) is 14.6. The molecule has 0 saturated heterocycles. The summed E-state index contributed by atoms with van der Waals surface area (Å²) in [5, 5.41) is 5.77. The average molecular weight is 324 g/mol. The van der Waals surface area contributed by atoms with E-state index in [0.717, 1.165) is 16.8 Å². The summed E-state index contributed by atoms with van der Waals surface area (Å²) in [5.74, 6) is -0.476. The van der Waals surface area contributed by atoms with E-state index in [1.807, 2.05) is 52.0 Å². The Kier molecular flexibility index (Phi) is 5.74. The van der Waals surface area contributed by atoms with Crippen LogP contribution in [0, 0.1) is 19.8 Å². The van der Waals surface area contributed by atoms with Crippen LogP contribution in [0.2, 0.25) is 0 Å². The van der Waals surface area contributed by atoms with E-state index in [1.165, 1.54) is 0 Å². The summed E-state index contributed by atoms with van der Waals surface area (Å²) >= 11 is 0. The first-order valence-electron chi connectivity index (χ1n) is 8.13. The first-order chi connectivity index (χ1) is 11.4. The molecular formula is C20H24N2O2. The maximum absolute atomic E-state index is 12.7. The van der Waals surface area contributed by atoms with Gasteiger partial charge in [-0.1, -0.05) is 44.2 Å². The average Bonchev–Trinajstić information content (AvgIpc) is 2.57. The van der Waals surface area contributed by atoms with Crippen molar-refractivity contribution in [3.63, 3.8) is 0 Å². The van der Waals surface area contributed by atoms with Crippen molar-refractivity contribution >= 4 is 17.5 Å². The molecular weight excluding hydrogens is 300 g/mol. The molecule has 0 bridgehead atoms. The van der Waals surface area contributed by atoms with Crippen molar-refractivity contribution in [1.29, 1.82) is 0 Å². The highest BCUT2D eigenvalue weighted by atomic mass is 16.2. The van der Waals surface area contributed by atoms with Gasteiger partial charge in [-0.05, 0) is 49.1 Å². The molecule has 0 saturated carbocycles. The van der Waals surface area contributed by atoms with Gasteiger partial charge in [0.2, 0.25) is 5.91 Å². The van der Waals surface area contributed by atoms with Gasteiger partial charge >= 0.3 is 0 Å². The molecule has 2 aromatic carbocycles. The van der Waals surface area contributed by atoms with Gasteiger partial charge in [0, 0.05) is 11.3 Å². The molecule has 0 radical (unpaired) electrons. The van der Waals surface area contributed by atoms with Crippen LogP contribution in [-0.4, -0.2) is 17.9 Å². The molecule has 2 N–H and O–H groups in total. The molecule has 0 aromatic heterocycles. The van der Waals surface area contributed by atoms with Crippen molar-refractivity contribution in [2.24, 2.45) is 5.92 Å². The molecule has 126 valence electrons. The number of benzene rings is 2. The standard InChI is InChI=1S/C20H24N2O2/c1-13(2)18(22-19(23)16-10-6-5-7-11-16)20(24)21-17-12-8-9-14(3)15(17)4/h5-13,18H,1-4H3,(H,21,24)(H,22,23). The SMILES string of the molecule is Cc1cccc(NC(=O)C(NC(=O)c2ccccc2)C(C)C)c1C. The topological polar surface area (TPSA) is 58.2 Å². The van der Waals surface area contributed by atoms with E-state index in [-0.39, 0.29) is 17.7 Å². The highest BCUT2D eigenvalue weighted by Crippen LogP contribution is 2.19. The summed E-state index contributed by atoms with van der Waals surface area (Å²) in [6.07, 6.45) is 0. The van der Waals surface area contributed by atoms with E-state index in [0.29, 0.717) is 5.56 Å². The molecule has 0 aliphatic heterocycles. The van der Waals surface area contributed by atoms with Crippen LogP contribution in [0.25, 0.3) is 0 Å². The minimum atomic E-state index is -0.599. The highest BCUT2D eigenvalue weighted by Gasteiger charge is 2.25. The molecule has 2 aromatic rings. The third kappa shape index (κ3) is 4.22. The van der Waals surface area contributed by atoms with Crippen molar-refractivity contribution in [3.05, 3.63) is 65.2 Å². The zero-order valence-corrected chi connectivity index (χ0v) is 14.6. The van der Waals surface area contributed by atoms with E-state index >= 15 is 0 Å². The maximum Gasteiger partial charge on any atom is 0.251 e. The van der Waals surface area contributed by atoms with E-state index in [1.54, 1.807) is 24.3 Å². The molecule has 0 spiro atoms. The summed E-state index contributed by atoms with van der Waals surface area (Å²) in [6.45, 7) is 7.80. The van der Waals surface area contributed by atoms with Crippen molar-refractivity contribution in [3.8, 4) is 0 Å². The monoisotopic (exact) mass is 324 g/mol. The van der Waals surface area contributed by atoms with E-state index in [9.17, 15) is 9.59 Å². The zero-order chi connectivity index (χ0) is 17.7. The minimum absolute atomic E-state index is 0.0252. The summed E-state index contributed by atoms with van der Waals surface area (Å²) in [7, 11) is 0. The van der Waals surface area contributed by atoms with Gasteiger partial charge in [-0.25, -0.2) is 0 Å². The number of nitrogens with one attached hydrogen (secondary N) is 2. The Morgan fingerprint density at radius 3 is 2.21 bits per heavy atom. The van der Waals surface area contributed by atoms with Crippen LogP contribution in [0.4, 0.5) is 5.69 Å². The number of hydrogen-bond acceptors (Lipinski definition) is 2. The van der Waals surface area contributed by atoms with E-state index in [4.69, 9.17) is 0 Å². The van der Waals surface area contributed by atoms with Crippen LogP contribution in [0.5, 0.6) is 0 Å². The van der Waals surface area contributed by atoms with E-state index in [2.05, 4.69) is 10.6 Å². The summed E-state index contributed by atoms with van der Waals surface area (Å²) < 4.78 is 0. The lowest BCUT2D eigenvalue weighted by Crippen LogP contribution is -2.47. The van der Waals surface area contributed by atoms with Gasteiger partial charge in [0.15, 0.2) is 0 Å². The minimum Gasteiger partial charge on any atom is -0.340 e. The predicted molar refractivity (Wildman–Crippen MR) is 97.1 cm³/mol. The molecule has 2 amide bonds. The Balaban J connectivity index is 2.14. The fraction of sp³-hybridized carbons (Fsp3) is 0.300. The molecule has 0 heterocycles. The molecule has 24 heavy (non-hydrogen) atoms. The van der Waals surface area contributed by atoms with E-state index < -0.39 is 6.04 Å². The smallest absolute Gasteiger partial charge is 0.251 e. The summed E-state index contributed by atoms with van der Waals surface area (Å²) in [5.41, 5.74) is 3.47. The van der Waals surface area contributed by atoms with Gasteiger partial charge in [0.25, 0.3) is 5.91 Å². The lowest BCUT2D eigenvalue weighted by Gasteiger charge is -2.22. The number of anilines is 1. The second-order valence-corrected chi connectivity index (χ2v) is 6.30. The molecule has 1 unspecified atom stereocenters. The van der Waals surface area contributed by atoms with Crippen molar-refractivity contribution in [2.75, 3.05) is 5.32 Å². The molecule has 0 fully saturated rings. The second-order valence-electron chi connectivity index (χ2n) is 6.30. The van der Waals surface area contributed by atoms with Crippen molar-refractivity contribution < 1.29 is 9.59 Å². The number of amides is 2. The number of carbonyl (C=O) groups excluding carboxylic acids is 2. The lowest BCUT2D eigenvalue weighted by molar-refractivity contribution is -0.118. The van der Waals surface area contributed by atoms with Crippen molar-refractivity contribution in [1.82, 2.24) is 5.32 Å². The molecule has 4 heteroatoms. The van der Waals surface area contributed by atoms with Crippen molar-refractivity contribution in [2.45, 2.75) is 33.7 Å². The lowest BCUT2D eigenvalue weighted by atomic mass is 10.0. The Morgan fingerprint density at radius 1 is 0.917 bits per heavy atom. The Hall–Kier alpha value is -2.62.